The molecule has 1 N–H and O–H groups in total. The molecular weight excluding hydrogens is 532 g/mol. The molecule has 2 amide bonds. The van der Waals surface area contributed by atoms with Gasteiger partial charge in [0.15, 0.2) is 0 Å². The van der Waals surface area contributed by atoms with Gasteiger partial charge in [-0.2, -0.15) is 0 Å². The number of benzene rings is 3. The van der Waals surface area contributed by atoms with Gasteiger partial charge in [-0.05, 0) is 93.8 Å². The first-order chi connectivity index (χ1) is 20.2. The van der Waals surface area contributed by atoms with Crippen molar-refractivity contribution in [3.63, 3.8) is 0 Å². The Hall–Kier alpha value is -4.66. The van der Waals surface area contributed by atoms with Gasteiger partial charge < -0.3 is 19.7 Å². The lowest BCUT2D eigenvalue weighted by Gasteiger charge is -2.31. The normalized spacial score (nSPS) is 11.8. The fourth-order valence-electron chi connectivity index (χ4n) is 4.64. The summed E-state index contributed by atoms with van der Waals surface area (Å²) in [5, 5.41) is 3.44. The molecule has 0 aliphatic carbocycles. The summed E-state index contributed by atoms with van der Waals surface area (Å²) in [4.78, 5) is 46.3. The summed E-state index contributed by atoms with van der Waals surface area (Å²) in [6, 6.07) is 20.2. The molecule has 0 aliphatic rings. The number of rotatable bonds is 11. The first-order valence-electron chi connectivity index (χ1n) is 14.3. The van der Waals surface area contributed by atoms with E-state index in [9.17, 15) is 14.4 Å². The highest BCUT2D eigenvalue weighted by Crippen LogP contribution is 2.26. The van der Waals surface area contributed by atoms with Crippen LogP contribution in [0.2, 0.25) is 0 Å². The average molecular weight is 571 g/mol. The van der Waals surface area contributed by atoms with Crippen LogP contribution in [0.1, 0.15) is 63.3 Å². The zero-order chi connectivity index (χ0) is 30.2. The van der Waals surface area contributed by atoms with Crippen LogP contribution in [0.15, 0.2) is 77.6 Å². The molecule has 0 radical (unpaired) electrons. The number of aromatic nitrogens is 2. The number of ether oxygens (including phenoxy) is 2. The Labute approximate surface area is 246 Å². The molecule has 1 unspecified atom stereocenters. The van der Waals surface area contributed by atoms with E-state index in [-0.39, 0.29) is 18.2 Å². The molecular formula is C33H38N4O5. The van der Waals surface area contributed by atoms with E-state index in [4.69, 9.17) is 14.5 Å². The van der Waals surface area contributed by atoms with Crippen molar-refractivity contribution in [3.05, 3.63) is 94.5 Å². The van der Waals surface area contributed by atoms with Crippen LogP contribution in [0.4, 0.5) is 10.5 Å². The van der Waals surface area contributed by atoms with Crippen molar-refractivity contribution in [2.75, 3.05) is 25.1 Å². The van der Waals surface area contributed by atoms with Gasteiger partial charge in [0.2, 0.25) is 0 Å². The van der Waals surface area contributed by atoms with Crippen molar-refractivity contribution >= 4 is 28.6 Å². The maximum atomic E-state index is 13.9. The number of para-hydroxylation sites is 1. The fourth-order valence-corrected chi connectivity index (χ4v) is 4.64. The van der Waals surface area contributed by atoms with E-state index >= 15 is 0 Å². The van der Waals surface area contributed by atoms with Crippen LogP contribution in [0, 0.1) is 5.92 Å². The Balaban J connectivity index is 1.74. The standard InChI is InChI=1S/C33H38N4O5/c1-6-41-27-18-16-26(17-19-27)37-30(35-29-11-9-8-10-28(29)31(37)38)23(5)36(21-20-22(3)4)33(40)34-25-14-12-24(13-15-25)32(39)42-7-2/h8-19,22-23H,6-7,20-21H2,1-5H3,(H,34,40). The summed E-state index contributed by atoms with van der Waals surface area (Å²) < 4.78 is 12.2. The predicted molar refractivity (Wildman–Crippen MR) is 165 cm³/mol. The zero-order valence-corrected chi connectivity index (χ0v) is 24.8. The van der Waals surface area contributed by atoms with Crippen LogP contribution in [0.5, 0.6) is 5.75 Å². The third-order valence-electron chi connectivity index (χ3n) is 6.90. The van der Waals surface area contributed by atoms with Crippen LogP contribution < -0.4 is 15.6 Å². The monoisotopic (exact) mass is 570 g/mol. The van der Waals surface area contributed by atoms with E-state index in [1.54, 1.807) is 52.8 Å². The number of anilines is 1. The third-order valence-corrected chi connectivity index (χ3v) is 6.90. The van der Waals surface area contributed by atoms with Crippen LogP contribution in [-0.2, 0) is 4.74 Å². The van der Waals surface area contributed by atoms with Gasteiger partial charge in [-0.3, -0.25) is 9.36 Å². The number of carbonyl (C=O) groups excluding carboxylic acids is 2. The topological polar surface area (TPSA) is 103 Å². The average Bonchev–Trinajstić information content (AvgIpc) is 2.98. The van der Waals surface area contributed by atoms with Gasteiger partial charge in [-0.25, -0.2) is 14.6 Å². The molecule has 0 bridgehead atoms. The van der Waals surface area contributed by atoms with Crippen molar-refractivity contribution in [2.24, 2.45) is 5.92 Å². The highest BCUT2D eigenvalue weighted by Gasteiger charge is 2.27. The van der Waals surface area contributed by atoms with Crippen molar-refractivity contribution in [2.45, 2.75) is 47.1 Å². The maximum absolute atomic E-state index is 13.9. The summed E-state index contributed by atoms with van der Waals surface area (Å²) in [5.41, 5.74) is 1.91. The number of hydrogen-bond donors (Lipinski definition) is 1. The van der Waals surface area contributed by atoms with Crippen LogP contribution in [0.3, 0.4) is 0 Å². The minimum atomic E-state index is -0.563. The number of fused-ring (bicyclic) bond motifs is 1. The lowest BCUT2D eigenvalue weighted by molar-refractivity contribution is 0.0526. The Bertz CT molecular complexity index is 1580. The summed E-state index contributed by atoms with van der Waals surface area (Å²) in [6.07, 6.45) is 0.750. The highest BCUT2D eigenvalue weighted by atomic mass is 16.5. The molecule has 220 valence electrons. The quantitative estimate of drug-likeness (QED) is 0.204. The fraction of sp³-hybridized carbons (Fsp3) is 0.333. The van der Waals surface area contributed by atoms with Gasteiger partial charge in [-0.1, -0.05) is 26.0 Å². The van der Waals surface area contributed by atoms with Gasteiger partial charge in [0, 0.05) is 12.2 Å². The minimum Gasteiger partial charge on any atom is -0.494 e. The van der Waals surface area contributed by atoms with E-state index in [1.165, 1.54) is 0 Å². The molecule has 42 heavy (non-hydrogen) atoms. The molecule has 4 aromatic rings. The Morgan fingerprint density at radius 3 is 2.26 bits per heavy atom. The highest BCUT2D eigenvalue weighted by molar-refractivity contribution is 5.92. The molecule has 9 nitrogen and oxygen atoms in total. The number of carbonyl (C=O) groups is 2. The molecule has 1 atom stereocenters. The van der Waals surface area contributed by atoms with E-state index < -0.39 is 12.0 Å². The number of esters is 1. The molecule has 0 saturated heterocycles. The number of nitrogens with one attached hydrogen (secondary N) is 1. The number of nitrogens with zero attached hydrogens (tertiary/aromatic N) is 3. The van der Waals surface area contributed by atoms with Crippen LogP contribution in [-0.4, -0.2) is 46.2 Å². The molecule has 0 spiro atoms. The summed E-state index contributed by atoms with van der Waals surface area (Å²) in [7, 11) is 0. The maximum Gasteiger partial charge on any atom is 0.338 e. The van der Waals surface area contributed by atoms with Gasteiger partial charge in [0.1, 0.15) is 11.6 Å². The second-order valence-electron chi connectivity index (χ2n) is 10.3. The van der Waals surface area contributed by atoms with E-state index in [0.29, 0.717) is 58.5 Å². The van der Waals surface area contributed by atoms with E-state index in [1.807, 2.05) is 50.2 Å². The van der Waals surface area contributed by atoms with Crippen molar-refractivity contribution in [1.29, 1.82) is 0 Å². The van der Waals surface area contributed by atoms with Gasteiger partial charge in [0.05, 0.1) is 41.4 Å². The van der Waals surface area contributed by atoms with E-state index in [2.05, 4.69) is 19.2 Å². The first kappa shape index (κ1) is 30.3. The molecule has 3 aromatic carbocycles. The molecule has 9 heteroatoms. The Morgan fingerprint density at radius 1 is 0.929 bits per heavy atom. The van der Waals surface area contributed by atoms with Crippen molar-refractivity contribution in [3.8, 4) is 11.4 Å². The number of hydrogen-bond acceptors (Lipinski definition) is 6. The van der Waals surface area contributed by atoms with Gasteiger partial charge in [-0.15, -0.1) is 0 Å². The van der Waals surface area contributed by atoms with Crippen molar-refractivity contribution < 1.29 is 19.1 Å². The molecule has 0 saturated carbocycles. The predicted octanol–water partition coefficient (Wildman–Crippen LogP) is 6.60. The first-order valence-corrected chi connectivity index (χ1v) is 14.3. The van der Waals surface area contributed by atoms with Crippen LogP contribution >= 0.6 is 0 Å². The number of amides is 2. The zero-order valence-electron chi connectivity index (χ0n) is 24.8. The Morgan fingerprint density at radius 2 is 1.62 bits per heavy atom. The molecule has 4 rings (SSSR count). The summed E-state index contributed by atoms with van der Waals surface area (Å²) in [6.45, 7) is 11.0. The van der Waals surface area contributed by atoms with Gasteiger partial charge >= 0.3 is 12.0 Å². The Kier molecular flexibility index (Phi) is 9.96. The lowest BCUT2D eigenvalue weighted by Crippen LogP contribution is -2.40. The summed E-state index contributed by atoms with van der Waals surface area (Å²) >= 11 is 0. The van der Waals surface area contributed by atoms with Crippen molar-refractivity contribution in [1.82, 2.24) is 14.5 Å². The lowest BCUT2D eigenvalue weighted by atomic mass is 10.1. The molecule has 0 aliphatic heterocycles. The molecule has 1 heterocycles. The molecule has 0 fully saturated rings. The second-order valence-corrected chi connectivity index (χ2v) is 10.3. The summed E-state index contributed by atoms with van der Waals surface area (Å²) in [5.74, 6) is 1.07. The van der Waals surface area contributed by atoms with E-state index in [0.717, 1.165) is 6.42 Å². The van der Waals surface area contributed by atoms with Gasteiger partial charge in [0.25, 0.3) is 5.56 Å². The largest absolute Gasteiger partial charge is 0.494 e. The SMILES string of the molecule is CCOC(=O)c1ccc(NC(=O)N(CCC(C)C)C(C)c2nc3ccccc3c(=O)n2-c2ccc(OCC)cc2)cc1. The third kappa shape index (κ3) is 6.97. The van der Waals surface area contributed by atoms with Crippen LogP contribution in [0.25, 0.3) is 16.6 Å². The minimum absolute atomic E-state index is 0.217. The second kappa shape index (κ2) is 13.8. The number of urea groups is 1. The molecule has 1 aromatic heterocycles. The smallest absolute Gasteiger partial charge is 0.338 e.